The van der Waals surface area contributed by atoms with Gasteiger partial charge in [0.2, 0.25) is 0 Å². The predicted molar refractivity (Wildman–Crippen MR) is 140 cm³/mol. The third kappa shape index (κ3) is 5.53. The van der Waals surface area contributed by atoms with E-state index < -0.39 is 0 Å². The molecule has 0 spiro atoms. The first kappa shape index (κ1) is 23.9. The number of nitrogens with two attached hydrogens (primary N) is 1. The number of amides is 1. The van der Waals surface area contributed by atoms with Gasteiger partial charge >= 0.3 is 0 Å². The lowest BCUT2D eigenvalue weighted by Gasteiger charge is -2.21. The summed E-state index contributed by atoms with van der Waals surface area (Å²) in [5, 5.41) is 11.1. The molecule has 1 unspecified atom stereocenters. The van der Waals surface area contributed by atoms with Crippen molar-refractivity contribution >= 4 is 11.6 Å². The van der Waals surface area contributed by atoms with Crippen LogP contribution in [0.25, 0.3) is 5.69 Å². The highest BCUT2D eigenvalue weighted by Gasteiger charge is 2.24. The van der Waals surface area contributed by atoms with Crippen LogP contribution < -0.4 is 16.4 Å². The van der Waals surface area contributed by atoms with Crippen LogP contribution in [0, 0.1) is 18.7 Å². The predicted octanol–water partition coefficient (Wildman–Crippen LogP) is 5.12. The molecule has 7 heteroatoms. The first-order chi connectivity index (χ1) is 17.5. The Labute approximate surface area is 210 Å². The fraction of sp³-hybridized carbons (Fsp3) is 0.241. The minimum atomic E-state index is -0.266. The number of rotatable bonds is 9. The molecule has 0 aliphatic heterocycles. The molecule has 0 bridgehead atoms. The largest absolute Gasteiger partial charge is 0.326 e. The molecule has 4 aromatic rings. The minimum Gasteiger partial charge on any atom is -0.326 e. The van der Waals surface area contributed by atoms with Crippen LogP contribution >= 0.6 is 0 Å². The second kappa shape index (κ2) is 10.4. The van der Waals surface area contributed by atoms with Gasteiger partial charge in [-0.1, -0.05) is 36.4 Å². The number of hydrogen-bond acceptors (Lipinski definition) is 4. The van der Waals surface area contributed by atoms with Gasteiger partial charge in [-0.05, 0) is 91.4 Å². The van der Waals surface area contributed by atoms with E-state index in [9.17, 15) is 9.18 Å². The molecule has 3 aromatic carbocycles. The summed E-state index contributed by atoms with van der Waals surface area (Å²) in [7, 11) is 0. The van der Waals surface area contributed by atoms with E-state index in [0.717, 1.165) is 34.6 Å². The standard InChI is InChI=1S/C29H30FN5O/c1-19-13-27(35(34-19)26-10-2-5-21(14-26)17-31)29(36)33-25-9-4-7-23(16-25)28(32-18-20-11-12-20)22-6-3-8-24(30)15-22/h2-10,13-16,20,28,32H,11-12,17-18,31H2,1H3,(H,33,36). The van der Waals surface area contributed by atoms with Gasteiger partial charge in [0.1, 0.15) is 11.5 Å². The van der Waals surface area contributed by atoms with Crippen molar-refractivity contribution in [1.82, 2.24) is 15.1 Å². The van der Waals surface area contributed by atoms with Crippen LogP contribution in [0.5, 0.6) is 0 Å². The number of nitrogens with zero attached hydrogens (tertiary/aromatic N) is 2. The molecule has 5 rings (SSSR count). The van der Waals surface area contributed by atoms with E-state index in [1.165, 1.54) is 18.9 Å². The molecular formula is C29H30FN5O. The molecule has 0 saturated heterocycles. The molecular weight excluding hydrogens is 453 g/mol. The Morgan fingerprint density at radius 3 is 2.56 bits per heavy atom. The van der Waals surface area contributed by atoms with Gasteiger partial charge in [-0.15, -0.1) is 0 Å². The van der Waals surface area contributed by atoms with Crippen molar-refractivity contribution in [2.24, 2.45) is 11.7 Å². The van der Waals surface area contributed by atoms with Crippen LogP contribution in [0.2, 0.25) is 0 Å². The maximum atomic E-state index is 14.0. The van der Waals surface area contributed by atoms with E-state index in [0.29, 0.717) is 23.8 Å². The molecule has 1 aromatic heterocycles. The summed E-state index contributed by atoms with van der Waals surface area (Å²) in [6, 6.07) is 23.6. The Kier molecular flexibility index (Phi) is 6.93. The molecule has 6 nitrogen and oxygen atoms in total. The van der Waals surface area contributed by atoms with Crippen LogP contribution in [-0.2, 0) is 6.54 Å². The minimum absolute atomic E-state index is 0.176. The maximum absolute atomic E-state index is 14.0. The van der Waals surface area contributed by atoms with Crippen molar-refractivity contribution in [2.45, 2.75) is 32.4 Å². The van der Waals surface area contributed by atoms with Gasteiger partial charge in [-0.3, -0.25) is 4.79 Å². The number of hydrogen-bond donors (Lipinski definition) is 3. The van der Waals surface area contributed by atoms with Crippen molar-refractivity contribution in [3.05, 3.63) is 113 Å². The number of aromatic nitrogens is 2. The van der Waals surface area contributed by atoms with E-state index in [2.05, 4.69) is 15.7 Å². The monoisotopic (exact) mass is 483 g/mol. The fourth-order valence-corrected chi connectivity index (χ4v) is 4.39. The number of carbonyl (C=O) groups is 1. The number of anilines is 1. The van der Waals surface area contributed by atoms with Crippen molar-refractivity contribution in [1.29, 1.82) is 0 Å². The highest BCUT2D eigenvalue weighted by Crippen LogP contribution is 2.31. The number of halogens is 1. The molecule has 36 heavy (non-hydrogen) atoms. The molecule has 1 amide bonds. The van der Waals surface area contributed by atoms with Crippen LogP contribution in [0.1, 0.15) is 51.8 Å². The lowest BCUT2D eigenvalue weighted by Crippen LogP contribution is -2.25. The van der Waals surface area contributed by atoms with Crippen LogP contribution in [0.4, 0.5) is 10.1 Å². The first-order valence-corrected chi connectivity index (χ1v) is 12.3. The third-order valence-electron chi connectivity index (χ3n) is 6.42. The molecule has 1 heterocycles. The number of aryl methyl sites for hydroxylation is 1. The summed E-state index contributed by atoms with van der Waals surface area (Å²) < 4.78 is 15.7. The first-order valence-electron chi connectivity index (χ1n) is 12.3. The topological polar surface area (TPSA) is 85.0 Å². The average Bonchev–Trinajstić information content (AvgIpc) is 3.63. The Morgan fingerprint density at radius 2 is 1.81 bits per heavy atom. The Bertz CT molecular complexity index is 1380. The Balaban J connectivity index is 1.41. The number of nitrogens with one attached hydrogen (secondary N) is 2. The summed E-state index contributed by atoms with van der Waals surface area (Å²) in [5.41, 5.74) is 11.2. The van der Waals surface area contributed by atoms with Gasteiger partial charge < -0.3 is 16.4 Å². The van der Waals surface area contributed by atoms with Crippen molar-refractivity contribution in [2.75, 3.05) is 11.9 Å². The highest BCUT2D eigenvalue weighted by atomic mass is 19.1. The van der Waals surface area contributed by atoms with Gasteiger partial charge in [-0.25, -0.2) is 9.07 Å². The van der Waals surface area contributed by atoms with Crippen molar-refractivity contribution < 1.29 is 9.18 Å². The lowest BCUT2D eigenvalue weighted by molar-refractivity contribution is 0.101. The zero-order chi connectivity index (χ0) is 25.1. The molecule has 1 aliphatic rings. The quantitative estimate of drug-likeness (QED) is 0.309. The van der Waals surface area contributed by atoms with Crippen LogP contribution in [0.3, 0.4) is 0 Å². The second-order valence-corrected chi connectivity index (χ2v) is 9.38. The SMILES string of the molecule is Cc1cc(C(=O)Nc2cccc(C(NCC3CC3)c3cccc(F)c3)c2)n(-c2cccc(CN)c2)n1. The normalized spacial score (nSPS) is 14.0. The zero-order valence-electron chi connectivity index (χ0n) is 20.2. The molecule has 0 radical (unpaired) electrons. The zero-order valence-corrected chi connectivity index (χ0v) is 20.2. The van der Waals surface area contributed by atoms with E-state index in [4.69, 9.17) is 5.73 Å². The molecule has 1 saturated carbocycles. The van der Waals surface area contributed by atoms with E-state index in [1.54, 1.807) is 22.9 Å². The van der Waals surface area contributed by atoms with Gasteiger partial charge in [-0.2, -0.15) is 5.10 Å². The molecule has 1 aliphatic carbocycles. The smallest absolute Gasteiger partial charge is 0.274 e. The summed E-state index contributed by atoms with van der Waals surface area (Å²) in [5.74, 6) is 0.141. The Morgan fingerprint density at radius 1 is 1.06 bits per heavy atom. The van der Waals surface area contributed by atoms with Gasteiger partial charge in [0, 0.05) is 12.2 Å². The molecule has 184 valence electrons. The van der Waals surface area contributed by atoms with Gasteiger partial charge in [0.25, 0.3) is 5.91 Å². The van der Waals surface area contributed by atoms with Crippen molar-refractivity contribution in [3.8, 4) is 5.69 Å². The second-order valence-electron chi connectivity index (χ2n) is 9.38. The molecule has 4 N–H and O–H groups in total. The van der Waals surface area contributed by atoms with Crippen LogP contribution in [-0.4, -0.2) is 22.2 Å². The van der Waals surface area contributed by atoms with Gasteiger partial charge in [0.05, 0.1) is 17.4 Å². The number of benzene rings is 3. The summed E-state index contributed by atoms with van der Waals surface area (Å²) in [6.45, 7) is 3.14. The maximum Gasteiger partial charge on any atom is 0.274 e. The molecule has 1 fully saturated rings. The summed E-state index contributed by atoms with van der Waals surface area (Å²) >= 11 is 0. The third-order valence-corrected chi connectivity index (χ3v) is 6.42. The Hall–Kier alpha value is -3.81. The average molecular weight is 484 g/mol. The molecule has 1 atom stereocenters. The number of carbonyl (C=O) groups excluding carboxylic acids is 1. The van der Waals surface area contributed by atoms with E-state index >= 15 is 0 Å². The van der Waals surface area contributed by atoms with E-state index in [1.807, 2.05) is 61.5 Å². The van der Waals surface area contributed by atoms with E-state index in [-0.39, 0.29) is 17.8 Å². The fourth-order valence-electron chi connectivity index (χ4n) is 4.39. The highest BCUT2D eigenvalue weighted by molar-refractivity contribution is 6.03. The summed E-state index contributed by atoms with van der Waals surface area (Å²) in [4.78, 5) is 13.3. The van der Waals surface area contributed by atoms with Crippen LogP contribution in [0.15, 0.2) is 78.9 Å². The van der Waals surface area contributed by atoms with Crippen molar-refractivity contribution in [3.63, 3.8) is 0 Å². The lowest BCUT2D eigenvalue weighted by atomic mass is 9.97. The summed E-state index contributed by atoms with van der Waals surface area (Å²) in [6.07, 6.45) is 2.44. The van der Waals surface area contributed by atoms with Gasteiger partial charge in [0.15, 0.2) is 0 Å².